The van der Waals surface area contributed by atoms with E-state index in [0.29, 0.717) is 16.3 Å². The van der Waals surface area contributed by atoms with E-state index in [0.717, 1.165) is 5.56 Å². The van der Waals surface area contributed by atoms with Crippen LogP contribution in [-0.2, 0) is 0 Å². The van der Waals surface area contributed by atoms with Gasteiger partial charge in [-0.2, -0.15) is 4.98 Å². The van der Waals surface area contributed by atoms with Gasteiger partial charge in [-0.25, -0.2) is 4.39 Å². The molecule has 1 N–H and O–H groups in total. The van der Waals surface area contributed by atoms with Gasteiger partial charge in [0.25, 0.3) is 5.89 Å². The molecule has 0 amide bonds. The standard InChI is InChI=1S/C13H9FN2O2S/c1-7-4-8(6-9(14)5-7)12-15-13(18-16-12)11-10(17)2-3-19-11/h2-6,17H,1H3. The fraction of sp³-hybridized carbons (Fsp3) is 0.0769. The molecule has 3 aromatic rings. The molecule has 0 spiro atoms. The Labute approximate surface area is 112 Å². The summed E-state index contributed by atoms with van der Waals surface area (Å²) < 4.78 is 18.4. The van der Waals surface area contributed by atoms with E-state index < -0.39 is 0 Å². The summed E-state index contributed by atoms with van der Waals surface area (Å²) in [5, 5.41) is 15.1. The number of thiophene rings is 1. The lowest BCUT2D eigenvalue weighted by molar-refractivity contribution is 0.427. The van der Waals surface area contributed by atoms with Crippen LogP contribution in [0.1, 0.15) is 5.56 Å². The molecule has 0 fully saturated rings. The first-order valence-corrected chi connectivity index (χ1v) is 6.39. The largest absolute Gasteiger partial charge is 0.506 e. The first kappa shape index (κ1) is 11.9. The van der Waals surface area contributed by atoms with Gasteiger partial charge in [-0.15, -0.1) is 11.3 Å². The van der Waals surface area contributed by atoms with E-state index in [1.807, 2.05) is 0 Å². The van der Waals surface area contributed by atoms with Crippen molar-refractivity contribution in [1.82, 2.24) is 10.1 Å². The van der Waals surface area contributed by atoms with Crippen LogP contribution in [0.25, 0.3) is 22.2 Å². The molecular formula is C13H9FN2O2S. The maximum absolute atomic E-state index is 13.3. The maximum atomic E-state index is 13.3. The molecule has 0 saturated heterocycles. The third-order valence-corrected chi connectivity index (χ3v) is 3.46. The quantitative estimate of drug-likeness (QED) is 0.776. The molecule has 1 aromatic carbocycles. The lowest BCUT2D eigenvalue weighted by Gasteiger charge is -1.97. The van der Waals surface area contributed by atoms with Crippen molar-refractivity contribution in [2.24, 2.45) is 0 Å². The van der Waals surface area contributed by atoms with Crippen LogP contribution in [0.4, 0.5) is 4.39 Å². The molecule has 0 atom stereocenters. The zero-order valence-corrected chi connectivity index (χ0v) is 10.7. The van der Waals surface area contributed by atoms with Gasteiger partial charge in [-0.3, -0.25) is 0 Å². The molecular weight excluding hydrogens is 267 g/mol. The first-order chi connectivity index (χ1) is 9.13. The second kappa shape index (κ2) is 4.47. The van der Waals surface area contributed by atoms with Crippen molar-refractivity contribution < 1.29 is 14.0 Å². The Hall–Kier alpha value is -2.21. The third kappa shape index (κ3) is 2.22. The molecule has 4 nitrogen and oxygen atoms in total. The highest BCUT2D eigenvalue weighted by Crippen LogP contribution is 2.34. The second-order valence-corrected chi connectivity index (χ2v) is 4.99. The summed E-state index contributed by atoms with van der Waals surface area (Å²) in [5.41, 5.74) is 1.32. The summed E-state index contributed by atoms with van der Waals surface area (Å²) in [4.78, 5) is 4.68. The summed E-state index contributed by atoms with van der Waals surface area (Å²) in [6.07, 6.45) is 0. The molecule has 0 radical (unpaired) electrons. The topological polar surface area (TPSA) is 59.2 Å². The molecule has 19 heavy (non-hydrogen) atoms. The molecule has 2 heterocycles. The van der Waals surface area contributed by atoms with Gasteiger partial charge in [0, 0.05) is 5.56 Å². The summed E-state index contributed by atoms with van der Waals surface area (Å²) in [6.45, 7) is 1.79. The molecule has 0 bridgehead atoms. The van der Waals surface area contributed by atoms with Crippen molar-refractivity contribution >= 4 is 11.3 Å². The number of aryl methyl sites for hydroxylation is 1. The highest BCUT2D eigenvalue weighted by atomic mass is 32.1. The molecule has 0 aliphatic rings. The number of hydrogen-bond acceptors (Lipinski definition) is 5. The fourth-order valence-corrected chi connectivity index (χ4v) is 2.47. The third-order valence-electron chi connectivity index (χ3n) is 2.57. The van der Waals surface area contributed by atoms with Gasteiger partial charge >= 0.3 is 0 Å². The number of aromatic hydroxyl groups is 1. The van der Waals surface area contributed by atoms with Crippen LogP contribution >= 0.6 is 11.3 Å². The van der Waals surface area contributed by atoms with Gasteiger partial charge in [0.05, 0.1) is 0 Å². The highest BCUT2D eigenvalue weighted by molar-refractivity contribution is 7.13. The maximum Gasteiger partial charge on any atom is 0.272 e. The number of rotatable bonds is 2. The Balaban J connectivity index is 2.04. The average Bonchev–Trinajstić information content (AvgIpc) is 2.95. The van der Waals surface area contributed by atoms with E-state index in [-0.39, 0.29) is 17.5 Å². The Bertz CT molecular complexity index is 716. The number of halogens is 1. The summed E-state index contributed by atoms with van der Waals surface area (Å²) in [5.74, 6) is 0.269. The van der Waals surface area contributed by atoms with E-state index in [1.165, 1.54) is 23.5 Å². The molecule has 0 aliphatic carbocycles. The first-order valence-electron chi connectivity index (χ1n) is 5.51. The monoisotopic (exact) mass is 276 g/mol. The van der Waals surface area contributed by atoms with Gasteiger partial charge < -0.3 is 9.63 Å². The van der Waals surface area contributed by atoms with Crippen molar-refractivity contribution in [3.8, 4) is 27.9 Å². The number of hydrogen-bond donors (Lipinski definition) is 1. The van der Waals surface area contributed by atoms with Gasteiger partial charge in [0.1, 0.15) is 16.4 Å². The second-order valence-electron chi connectivity index (χ2n) is 4.08. The molecule has 0 aliphatic heterocycles. The normalized spacial score (nSPS) is 10.8. The van der Waals surface area contributed by atoms with Crippen LogP contribution in [0.5, 0.6) is 5.75 Å². The van der Waals surface area contributed by atoms with Crippen LogP contribution in [0.2, 0.25) is 0 Å². The molecule has 96 valence electrons. The molecule has 6 heteroatoms. The Kier molecular flexibility index (Phi) is 2.79. The van der Waals surface area contributed by atoms with Crippen LogP contribution in [0.15, 0.2) is 34.2 Å². The highest BCUT2D eigenvalue weighted by Gasteiger charge is 2.15. The van der Waals surface area contributed by atoms with Gasteiger partial charge in [0.2, 0.25) is 5.82 Å². The van der Waals surface area contributed by atoms with Crippen molar-refractivity contribution in [3.63, 3.8) is 0 Å². The predicted octanol–water partition coefficient (Wildman–Crippen LogP) is 3.62. The molecule has 0 unspecified atom stereocenters. The van der Waals surface area contributed by atoms with E-state index in [1.54, 1.807) is 24.4 Å². The van der Waals surface area contributed by atoms with Gasteiger partial charge in [-0.05, 0) is 42.1 Å². The van der Waals surface area contributed by atoms with E-state index in [2.05, 4.69) is 10.1 Å². The zero-order chi connectivity index (χ0) is 13.4. The smallest absolute Gasteiger partial charge is 0.272 e. The zero-order valence-electron chi connectivity index (χ0n) is 9.92. The summed E-state index contributed by atoms with van der Waals surface area (Å²) in [6, 6.07) is 6.09. The van der Waals surface area contributed by atoms with E-state index >= 15 is 0 Å². The SMILES string of the molecule is Cc1cc(F)cc(-c2noc(-c3sccc3O)n2)c1. The minimum absolute atomic E-state index is 0.0932. The van der Waals surface area contributed by atoms with Gasteiger partial charge in [0.15, 0.2) is 0 Å². The van der Waals surface area contributed by atoms with Crippen molar-refractivity contribution in [3.05, 3.63) is 41.0 Å². The Morgan fingerprint density at radius 1 is 1.32 bits per heavy atom. The molecule has 2 aromatic heterocycles. The molecule has 3 rings (SSSR count). The number of nitrogens with zero attached hydrogens (tertiary/aromatic N) is 2. The van der Waals surface area contributed by atoms with Crippen molar-refractivity contribution in [1.29, 1.82) is 0 Å². The van der Waals surface area contributed by atoms with Crippen LogP contribution < -0.4 is 0 Å². The predicted molar refractivity (Wildman–Crippen MR) is 69.4 cm³/mol. The van der Waals surface area contributed by atoms with Crippen LogP contribution in [0.3, 0.4) is 0 Å². The lowest BCUT2D eigenvalue weighted by Crippen LogP contribution is -1.85. The fourth-order valence-electron chi connectivity index (χ4n) is 1.76. The lowest BCUT2D eigenvalue weighted by atomic mass is 10.1. The Morgan fingerprint density at radius 3 is 2.84 bits per heavy atom. The average molecular weight is 276 g/mol. The van der Waals surface area contributed by atoms with Crippen molar-refractivity contribution in [2.45, 2.75) is 6.92 Å². The summed E-state index contributed by atoms with van der Waals surface area (Å²) in [7, 11) is 0. The number of aromatic nitrogens is 2. The Morgan fingerprint density at radius 2 is 2.16 bits per heavy atom. The van der Waals surface area contributed by atoms with E-state index in [4.69, 9.17) is 4.52 Å². The summed E-state index contributed by atoms with van der Waals surface area (Å²) >= 11 is 1.30. The number of benzene rings is 1. The molecule has 0 saturated carbocycles. The minimum atomic E-state index is -0.347. The minimum Gasteiger partial charge on any atom is -0.506 e. The van der Waals surface area contributed by atoms with E-state index in [9.17, 15) is 9.50 Å². The van der Waals surface area contributed by atoms with Crippen LogP contribution in [0, 0.1) is 12.7 Å². The van der Waals surface area contributed by atoms with Gasteiger partial charge in [-0.1, -0.05) is 5.16 Å². The van der Waals surface area contributed by atoms with Crippen LogP contribution in [-0.4, -0.2) is 15.2 Å². The van der Waals surface area contributed by atoms with Crippen molar-refractivity contribution in [2.75, 3.05) is 0 Å².